The van der Waals surface area contributed by atoms with Crippen molar-refractivity contribution in [1.29, 1.82) is 0 Å². The van der Waals surface area contributed by atoms with Crippen LogP contribution in [0.5, 0.6) is 0 Å². The lowest BCUT2D eigenvalue weighted by molar-refractivity contribution is -0.0689. The molecule has 0 atom stereocenters. The van der Waals surface area contributed by atoms with Gasteiger partial charge in [-0.3, -0.25) is 4.79 Å². The number of carbonyl (C=O) groups is 1. The number of ketones is 1. The van der Waals surface area contributed by atoms with Crippen LogP contribution < -0.4 is 0 Å². The first-order valence-corrected chi connectivity index (χ1v) is 7.35. The van der Waals surface area contributed by atoms with E-state index in [4.69, 9.17) is 34.8 Å². The lowest BCUT2D eigenvalue weighted by atomic mass is 10.0. The van der Waals surface area contributed by atoms with Crippen LogP contribution >= 0.6 is 34.8 Å². The van der Waals surface area contributed by atoms with Crippen molar-refractivity contribution < 1.29 is 18.0 Å². The first-order chi connectivity index (χ1) is 10.7. The molecule has 0 aliphatic carbocycles. The molecular weight excluding hydrogens is 372 g/mol. The molecule has 0 saturated heterocycles. The Kier molecular flexibility index (Phi) is 5.40. The minimum absolute atomic E-state index is 0.0431. The van der Waals surface area contributed by atoms with Gasteiger partial charge >= 0.3 is 6.18 Å². The Bertz CT molecular complexity index is 745. The van der Waals surface area contributed by atoms with Gasteiger partial charge in [0.2, 0.25) is 0 Å². The Hall–Kier alpha value is -1.49. The average molecular weight is 380 g/mol. The van der Waals surface area contributed by atoms with E-state index in [1.807, 2.05) is 0 Å². The molecule has 1 nitrogen and oxygen atoms in total. The number of halogens is 6. The van der Waals surface area contributed by atoms with Crippen molar-refractivity contribution >= 4 is 46.2 Å². The predicted molar refractivity (Wildman–Crippen MR) is 86.3 cm³/mol. The van der Waals surface area contributed by atoms with E-state index in [9.17, 15) is 18.0 Å². The molecule has 0 unspecified atom stereocenters. The van der Waals surface area contributed by atoms with E-state index in [1.54, 1.807) is 0 Å². The highest BCUT2D eigenvalue weighted by Crippen LogP contribution is 2.36. The van der Waals surface area contributed by atoms with Crippen molar-refractivity contribution in [2.75, 3.05) is 0 Å². The van der Waals surface area contributed by atoms with E-state index in [2.05, 4.69) is 0 Å². The molecule has 0 heterocycles. The zero-order valence-electron chi connectivity index (χ0n) is 11.3. The molecule has 0 aliphatic heterocycles. The molecule has 0 aromatic heterocycles. The SMILES string of the molecule is O=C(/C=C(/c1cc(Cl)cc(Cl)c1)C(F)(F)F)c1ccc(Cl)cc1. The highest BCUT2D eigenvalue weighted by atomic mass is 35.5. The number of benzene rings is 2. The molecule has 0 spiro atoms. The maximum atomic E-state index is 13.3. The zero-order chi connectivity index (χ0) is 17.2. The van der Waals surface area contributed by atoms with E-state index < -0.39 is 17.5 Å². The number of hydrogen-bond donors (Lipinski definition) is 0. The van der Waals surface area contributed by atoms with Crippen molar-refractivity contribution in [2.24, 2.45) is 0 Å². The molecule has 2 rings (SSSR count). The minimum Gasteiger partial charge on any atom is -0.289 e. The highest BCUT2D eigenvalue weighted by molar-refractivity contribution is 6.35. The van der Waals surface area contributed by atoms with E-state index in [0.29, 0.717) is 11.1 Å². The summed E-state index contributed by atoms with van der Waals surface area (Å²) in [6.45, 7) is 0. The fourth-order valence-corrected chi connectivity index (χ4v) is 2.52. The Labute approximate surface area is 145 Å². The van der Waals surface area contributed by atoms with Gasteiger partial charge in [-0.2, -0.15) is 13.2 Å². The second-order valence-corrected chi connectivity index (χ2v) is 5.89. The van der Waals surface area contributed by atoms with Crippen LogP contribution in [-0.2, 0) is 0 Å². The van der Waals surface area contributed by atoms with Crippen LogP contribution in [0.4, 0.5) is 13.2 Å². The maximum absolute atomic E-state index is 13.3. The maximum Gasteiger partial charge on any atom is 0.417 e. The molecule has 0 radical (unpaired) electrons. The molecule has 7 heteroatoms. The van der Waals surface area contributed by atoms with Crippen LogP contribution in [-0.4, -0.2) is 12.0 Å². The van der Waals surface area contributed by atoms with Gasteiger partial charge in [0.15, 0.2) is 5.78 Å². The molecule has 0 N–H and O–H groups in total. The van der Waals surface area contributed by atoms with Gasteiger partial charge in [-0.05, 0) is 54.1 Å². The molecule has 120 valence electrons. The summed E-state index contributed by atoms with van der Waals surface area (Å²) < 4.78 is 39.8. The van der Waals surface area contributed by atoms with Gasteiger partial charge in [0.25, 0.3) is 0 Å². The summed E-state index contributed by atoms with van der Waals surface area (Å²) in [4.78, 5) is 12.1. The lowest BCUT2D eigenvalue weighted by Gasteiger charge is -2.13. The van der Waals surface area contributed by atoms with Crippen molar-refractivity contribution in [2.45, 2.75) is 6.18 Å². The van der Waals surface area contributed by atoms with Crippen LogP contribution in [0.1, 0.15) is 15.9 Å². The highest BCUT2D eigenvalue weighted by Gasteiger charge is 2.35. The van der Waals surface area contributed by atoms with Gasteiger partial charge in [0, 0.05) is 20.6 Å². The molecule has 0 amide bonds. The van der Waals surface area contributed by atoms with Crippen LogP contribution in [0.2, 0.25) is 15.1 Å². The first kappa shape index (κ1) is 17.9. The van der Waals surface area contributed by atoms with Gasteiger partial charge in [-0.1, -0.05) is 34.8 Å². The normalized spacial score (nSPS) is 12.3. The third-order valence-corrected chi connectivity index (χ3v) is 3.57. The molecular formula is C16H8Cl3F3O. The topological polar surface area (TPSA) is 17.1 Å². The Balaban J connectivity index is 2.50. The Morgan fingerprint density at radius 3 is 1.83 bits per heavy atom. The molecule has 2 aromatic carbocycles. The van der Waals surface area contributed by atoms with Crippen LogP contribution in [0.15, 0.2) is 48.5 Å². The first-order valence-electron chi connectivity index (χ1n) is 6.22. The number of alkyl halides is 3. The van der Waals surface area contributed by atoms with Gasteiger partial charge in [0.1, 0.15) is 0 Å². The number of hydrogen-bond acceptors (Lipinski definition) is 1. The smallest absolute Gasteiger partial charge is 0.289 e. The largest absolute Gasteiger partial charge is 0.417 e. The fourth-order valence-electron chi connectivity index (χ4n) is 1.87. The van der Waals surface area contributed by atoms with E-state index in [1.165, 1.54) is 30.3 Å². The number of carbonyl (C=O) groups excluding carboxylic acids is 1. The summed E-state index contributed by atoms with van der Waals surface area (Å²) in [5.41, 5.74) is -1.32. The summed E-state index contributed by atoms with van der Waals surface area (Å²) in [7, 11) is 0. The summed E-state index contributed by atoms with van der Waals surface area (Å²) in [5.74, 6) is -0.801. The quantitative estimate of drug-likeness (QED) is 0.441. The monoisotopic (exact) mass is 378 g/mol. The number of rotatable bonds is 3. The van der Waals surface area contributed by atoms with Crippen molar-refractivity contribution in [3.05, 3.63) is 74.7 Å². The molecule has 23 heavy (non-hydrogen) atoms. The Morgan fingerprint density at radius 1 is 0.826 bits per heavy atom. The second kappa shape index (κ2) is 6.95. The van der Waals surface area contributed by atoms with Gasteiger partial charge < -0.3 is 0 Å². The van der Waals surface area contributed by atoms with E-state index >= 15 is 0 Å². The molecule has 0 aliphatic rings. The fraction of sp³-hybridized carbons (Fsp3) is 0.0625. The van der Waals surface area contributed by atoms with Crippen LogP contribution in [0.3, 0.4) is 0 Å². The summed E-state index contributed by atoms with van der Waals surface area (Å²) in [6.07, 6.45) is -4.22. The second-order valence-electron chi connectivity index (χ2n) is 4.59. The molecule has 2 aromatic rings. The lowest BCUT2D eigenvalue weighted by Crippen LogP contribution is -2.13. The third kappa shape index (κ3) is 4.74. The molecule has 0 saturated carbocycles. The minimum atomic E-state index is -4.74. The van der Waals surface area contributed by atoms with Gasteiger partial charge in [0.05, 0.1) is 5.57 Å². The van der Waals surface area contributed by atoms with Gasteiger partial charge in [-0.25, -0.2) is 0 Å². The average Bonchev–Trinajstić information content (AvgIpc) is 2.42. The summed E-state index contributed by atoms with van der Waals surface area (Å²) in [6, 6.07) is 9.05. The zero-order valence-corrected chi connectivity index (χ0v) is 13.6. The summed E-state index contributed by atoms with van der Waals surface area (Å²) in [5, 5.41) is 0.464. The van der Waals surface area contributed by atoms with Crippen molar-refractivity contribution in [3.63, 3.8) is 0 Å². The van der Waals surface area contributed by atoms with Crippen LogP contribution in [0.25, 0.3) is 5.57 Å². The Morgan fingerprint density at radius 2 is 1.35 bits per heavy atom. The predicted octanol–water partition coefficient (Wildman–Crippen LogP) is 6.48. The summed E-state index contributed by atoms with van der Waals surface area (Å²) >= 11 is 17.2. The van der Waals surface area contributed by atoms with E-state index in [-0.39, 0.29) is 21.2 Å². The molecule has 0 bridgehead atoms. The van der Waals surface area contributed by atoms with E-state index in [0.717, 1.165) is 12.1 Å². The van der Waals surface area contributed by atoms with Crippen LogP contribution in [0, 0.1) is 0 Å². The third-order valence-electron chi connectivity index (χ3n) is 2.88. The standard InChI is InChI=1S/C16H8Cl3F3O/c17-11-3-1-9(2-4-11)15(23)8-14(16(20,21)22)10-5-12(18)7-13(19)6-10/h1-8H/b14-8-. The van der Waals surface area contributed by atoms with Crippen molar-refractivity contribution in [1.82, 2.24) is 0 Å². The van der Waals surface area contributed by atoms with Gasteiger partial charge in [-0.15, -0.1) is 0 Å². The number of allylic oxidation sites excluding steroid dienone is 2. The van der Waals surface area contributed by atoms with Crippen molar-refractivity contribution in [3.8, 4) is 0 Å². The molecule has 0 fully saturated rings.